The largest absolute Gasteiger partial charge is 1.00 e. The van der Waals surface area contributed by atoms with Crippen LogP contribution < -0.4 is 18.9 Å². The zero-order chi connectivity index (χ0) is 14.9. The maximum atomic E-state index is 12.1. The maximum absolute atomic E-state index is 12.1. The van der Waals surface area contributed by atoms with Crippen LogP contribution in [0.3, 0.4) is 0 Å². The second-order valence-corrected chi connectivity index (χ2v) is 6.53. The number of alkyl halides is 2. The fourth-order valence-corrected chi connectivity index (χ4v) is 3.02. The Bertz CT molecular complexity index is 491. The fourth-order valence-electron chi connectivity index (χ4n) is 0.724. The summed E-state index contributed by atoms with van der Waals surface area (Å²) >= 11 is 0. The first-order valence-electron chi connectivity index (χ1n) is 4.66. The molecule has 0 fully saturated rings. The molecule has 0 heterocycles. The van der Waals surface area contributed by atoms with Gasteiger partial charge in [-0.05, 0) is 4.53 Å². The van der Waals surface area contributed by atoms with Crippen molar-refractivity contribution in [1.82, 2.24) is 0 Å². The van der Waals surface area contributed by atoms with E-state index in [0.717, 1.165) is 6.26 Å². The van der Waals surface area contributed by atoms with Crippen molar-refractivity contribution in [3.63, 3.8) is 0 Å². The van der Waals surface area contributed by atoms with E-state index in [9.17, 15) is 25.9 Å². The number of sulfonamides is 1. The third-order valence-electron chi connectivity index (χ3n) is 1.48. The van der Waals surface area contributed by atoms with Gasteiger partial charge in [-0.2, -0.15) is 8.78 Å². The second-order valence-electron chi connectivity index (χ2n) is 2.85. The molecule has 7 nitrogen and oxygen atoms in total. The third-order valence-corrected chi connectivity index (χ3v) is 4.53. The zero-order valence-corrected chi connectivity index (χ0v) is 12.2. The number of halogens is 3. The topological polar surface area (TPSA) is 91.3 Å². The van der Waals surface area contributed by atoms with Crippen molar-refractivity contribution in [1.29, 1.82) is 0 Å². The minimum atomic E-state index is -5.21. The van der Waals surface area contributed by atoms with Crippen LogP contribution in [-0.4, -0.2) is 44.0 Å². The van der Waals surface area contributed by atoms with Gasteiger partial charge in [-0.25, -0.2) is 12.6 Å². The van der Waals surface area contributed by atoms with Gasteiger partial charge >= 0.3 is 24.6 Å². The van der Waals surface area contributed by atoms with Gasteiger partial charge in [-0.1, -0.05) is 14.7 Å². The molecule has 0 aliphatic carbocycles. The van der Waals surface area contributed by atoms with Gasteiger partial charge in [0.2, 0.25) is 0 Å². The first-order valence-corrected chi connectivity index (χ1v) is 7.77. The predicted molar refractivity (Wildman–Crippen MR) is 59.5 cm³/mol. The number of rotatable bonds is 10. The van der Waals surface area contributed by atoms with Gasteiger partial charge in [0, 0.05) is 0 Å². The summed E-state index contributed by atoms with van der Waals surface area (Å²) < 4.78 is 83.1. The average Bonchev–Trinajstić information content (AvgIpc) is 2.32. The van der Waals surface area contributed by atoms with Crippen molar-refractivity contribution in [2.45, 2.75) is 5.76 Å². The van der Waals surface area contributed by atoms with E-state index in [-0.39, 0.29) is 32.1 Å². The summed E-state index contributed by atoms with van der Waals surface area (Å²) in [5.41, 5.74) is 0. The van der Waals surface area contributed by atoms with Gasteiger partial charge < -0.3 is 9.47 Å². The quantitative estimate of drug-likeness (QED) is 0.261. The van der Waals surface area contributed by atoms with Crippen molar-refractivity contribution in [2.75, 3.05) is 25.6 Å². The Balaban J connectivity index is 0. The number of hydrogen-bond donors (Lipinski definition) is 0. The standard InChI is InChI=1S/C7H12F3NO6S2.Li/c1-2-15-3-4-16-5-6-18(12,13)11-19(14,17-10)7(8)9;/h2,7H,1,3-6H2;/q;+1. The third kappa shape index (κ3) is 8.83. The first-order chi connectivity index (χ1) is 8.77. The molecule has 1 unspecified atom stereocenters. The molecule has 0 aliphatic heterocycles. The van der Waals surface area contributed by atoms with Crippen molar-refractivity contribution in [2.24, 2.45) is 3.77 Å². The smallest absolute Gasteiger partial charge is 0.499 e. The van der Waals surface area contributed by atoms with Crippen LogP contribution in [0.5, 0.6) is 0 Å². The van der Waals surface area contributed by atoms with Crippen LogP contribution in [0.25, 0.3) is 0 Å². The first kappa shape index (κ1) is 22.0. The van der Waals surface area contributed by atoms with Gasteiger partial charge in [0.15, 0.2) is 0 Å². The molecule has 0 saturated carbocycles. The number of hydrogen-bond acceptors (Lipinski definition) is 6. The summed E-state index contributed by atoms with van der Waals surface area (Å²) in [5.74, 6) is -4.75. The van der Waals surface area contributed by atoms with E-state index >= 15 is 0 Å². The van der Waals surface area contributed by atoms with Crippen LogP contribution in [0.1, 0.15) is 0 Å². The Morgan fingerprint density at radius 2 is 1.80 bits per heavy atom. The van der Waals surface area contributed by atoms with Crippen LogP contribution in [0.4, 0.5) is 13.3 Å². The molecular formula is C7H12F3LiNO6S2+. The minimum Gasteiger partial charge on any atom is -0.499 e. The van der Waals surface area contributed by atoms with Crippen LogP contribution in [-0.2, 0) is 33.9 Å². The SMILES string of the molecule is C=COCCOCCS(=O)(=O)N=S(=O)(OF)C(F)F.[Li+]. The molecule has 0 aromatic heterocycles. The summed E-state index contributed by atoms with van der Waals surface area (Å²) in [5, 5.41) is 0. The van der Waals surface area contributed by atoms with Gasteiger partial charge in [-0.3, -0.25) is 0 Å². The summed E-state index contributed by atoms with van der Waals surface area (Å²) in [6.45, 7) is 2.96. The molecule has 0 N–H and O–H groups in total. The molecule has 0 aliphatic rings. The predicted octanol–water partition coefficient (Wildman–Crippen LogP) is -2.00. The summed E-state index contributed by atoms with van der Waals surface area (Å²) in [6, 6.07) is 0. The molecule has 0 aromatic carbocycles. The zero-order valence-electron chi connectivity index (χ0n) is 10.5. The normalized spacial score (nSPS) is 14.2. The van der Waals surface area contributed by atoms with Crippen molar-refractivity contribution in [3.05, 3.63) is 12.8 Å². The van der Waals surface area contributed by atoms with Crippen LogP contribution in [0.2, 0.25) is 0 Å². The molecular weight excluding hydrogens is 322 g/mol. The van der Waals surface area contributed by atoms with E-state index in [4.69, 9.17) is 4.74 Å². The molecule has 0 saturated heterocycles. The van der Waals surface area contributed by atoms with Crippen LogP contribution >= 0.6 is 0 Å². The average molecular weight is 334 g/mol. The molecule has 0 radical (unpaired) electrons. The van der Waals surface area contributed by atoms with Crippen LogP contribution in [0, 0.1) is 0 Å². The van der Waals surface area contributed by atoms with E-state index in [2.05, 4.69) is 19.5 Å². The molecule has 20 heavy (non-hydrogen) atoms. The monoisotopic (exact) mass is 334 g/mol. The van der Waals surface area contributed by atoms with Crippen LogP contribution in [0.15, 0.2) is 16.6 Å². The van der Waals surface area contributed by atoms with Crippen molar-refractivity contribution in [3.8, 4) is 0 Å². The molecule has 114 valence electrons. The number of nitrogens with zero attached hydrogens (tertiary/aromatic N) is 1. The fraction of sp³-hybridized carbons (Fsp3) is 0.714. The van der Waals surface area contributed by atoms with E-state index < -0.39 is 38.2 Å². The van der Waals surface area contributed by atoms with Crippen molar-refractivity contribution >= 4 is 20.0 Å². The second kappa shape index (κ2) is 10.5. The van der Waals surface area contributed by atoms with Gasteiger partial charge in [-0.15, -0.1) is 0 Å². The maximum Gasteiger partial charge on any atom is 1.00 e. The Hall–Kier alpha value is -0.253. The number of ether oxygens (including phenoxy) is 2. The molecule has 0 aromatic rings. The molecule has 0 spiro atoms. The molecule has 1 atom stereocenters. The summed E-state index contributed by atoms with van der Waals surface area (Å²) in [4.78, 5) is 0. The molecule has 0 rings (SSSR count). The molecule has 13 heteroatoms. The Kier molecular flexibility index (Phi) is 11.5. The van der Waals surface area contributed by atoms with E-state index in [1.807, 2.05) is 0 Å². The van der Waals surface area contributed by atoms with E-state index in [0.29, 0.717) is 0 Å². The van der Waals surface area contributed by atoms with Gasteiger partial charge in [0.25, 0.3) is 20.0 Å². The van der Waals surface area contributed by atoms with E-state index in [1.165, 1.54) is 0 Å². The molecule has 0 amide bonds. The summed E-state index contributed by atoms with van der Waals surface area (Å²) in [6.07, 6.45) is 1.14. The minimum absolute atomic E-state index is 0. The Labute approximate surface area is 127 Å². The van der Waals surface area contributed by atoms with Crippen molar-refractivity contribution < 1.29 is 58.7 Å². The van der Waals surface area contributed by atoms with E-state index in [1.54, 1.807) is 0 Å². The Morgan fingerprint density at radius 1 is 1.20 bits per heavy atom. The Morgan fingerprint density at radius 3 is 2.25 bits per heavy atom. The van der Waals surface area contributed by atoms with Gasteiger partial charge in [0.05, 0.1) is 25.2 Å². The molecule has 0 bridgehead atoms. The summed E-state index contributed by atoms with van der Waals surface area (Å²) in [7, 11) is -9.78. The van der Waals surface area contributed by atoms with Gasteiger partial charge in [0.1, 0.15) is 6.61 Å².